The van der Waals surface area contributed by atoms with Crippen LogP contribution in [-0.2, 0) is 0 Å². The number of unbranched alkanes of at least 4 members (excludes halogenated alkanes) is 1. The van der Waals surface area contributed by atoms with Crippen molar-refractivity contribution in [2.24, 2.45) is 0 Å². The Morgan fingerprint density at radius 3 is 3.00 bits per heavy atom. The summed E-state index contributed by atoms with van der Waals surface area (Å²) in [6.07, 6.45) is 5.56. The van der Waals surface area contributed by atoms with Crippen molar-refractivity contribution in [1.82, 2.24) is 4.98 Å². The van der Waals surface area contributed by atoms with Gasteiger partial charge >= 0.3 is 0 Å². The monoisotopic (exact) mass is 255 g/mol. The van der Waals surface area contributed by atoms with E-state index in [1.165, 1.54) is 18.4 Å². The standard InChI is InChI=1S/C16H17NO2/c1-2-3-4-11-9-10-19-14-7-6-13-12(16(11)14)5-8-15(18)17-13/h5-9H,2-4,10H2,1H3,(H,17,18). The number of allylic oxidation sites excluding steroid dienone is 1. The van der Waals surface area contributed by atoms with E-state index in [0.717, 1.165) is 28.6 Å². The van der Waals surface area contributed by atoms with Gasteiger partial charge in [-0.2, -0.15) is 0 Å². The lowest BCUT2D eigenvalue weighted by molar-refractivity contribution is 0.357. The lowest BCUT2D eigenvalue weighted by Crippen LogP contribution is -2.08. The minimum Gasteiger partial charge on any atom is -0.489 e. The van der Waals surface area contributed by atoms with Gasteiger partial charge in [-0.05, 0) is 42.7 Å². The highest BCUT2D eigenvalue weighted by molar-refractivity contribution is 5.95. The molecule has 2 heterocycles. The highest BCUT2D eigenvalue weighted by Crippen LogP contribution is 2.37. The van der Waals surface area contributed by atoms with E-state index in [-0.39, 0.29) is 5.56 Å². The van der Waals surface area contributed by atoms with E-state index in [2.05, 4.69) is 18.0 Å². The summed E-state index contributed by atoms with van der Waals surface area (Å²) in [5, 5.41) is 1.07. The van der Waals surface area contributed by atoms with Crippen molar-refractivity contribution in [3.05, 3.63) is 46.3 Å². The molecule has 0 saturated heterocycles. The SMILES string of the molecule is CCCCC1=CCOc2ccc3[nH]c(=O)ccc3c21. The molecule has 0 spiro atoms. The van der Waals surface area contributed by atoms with Crippen molar-refractivity contribution in [3.63, 3.8) is 0 Å². The summed E-state index contributed by atoms with van der Waals surface area (Å²) in [7, 11) is 0. The Hall–Kier alpha value is -2.03. The summed E-state index contributed by atoms with van der Waals surface area (Å²) < 4.78 is 5.70. The lowest BCUT2D eigenvalue weighted by Gasteiger charge is -2.20. The van der Waals surface area contributed by atoms with Crippen molar-refractivity contribution in [3.8, 4) is 5.75 Å². The van der Waals surface area contributed by atoms with Crippen molar-refractivity contribution >= 4 is 16.5 Å². The first kappa shape index (κ1) is 12.0. The molecule has 1 N–H and O–H groups in total. The number of ether oxygens (including phenoxy) is 1. The molecule has 1 aromatic carbocycles. The second-order valence-corrected chi connectivity index (χ2v) is 4.87. The summed E-state index contributed by atoms with van der Waals surface area (Å²) in [6.45, 7) is 2.84. The van der Waals surface area contributed by atoms with Crippen LogP contribution in [0.15, 0.2) is 35.1 Å². The molecule has 0 bridgehead atoms. The van der Waals surface area contributed by atoms with Crippen LogP contribution in [0.3, 0.4) is 0 Å². The molecule has 3 heteroatoms. The van der Waals surface area contributed by atoms with Gasteiger partial charge < -0.3 is 9.72 Å². The van der Waals surface area contributed by atoms with E-state index in [0.29, 0.717) is 6.61 Å². The molecule has 3 rings (SSSR count). The number of aromatic amines is 1. The lowest BCUT2D eigenvalue weighted by atomic mass is 9.94. The van der Waals surface area contributed by atoms with Crippen LogP contribution < -0.4 is 10.3 Å². The van der Waals surface area contributed by atoms with Crippen LogP contribution in [-0.4, -0.2) is 11.6 Å². The molecular formula is C16H17NO2. The second-order valence-electron chi connectivity index (χ2n) is 4.87. The van der Waals surface area contributed by atoms with Gasteiger partial charge in [-0.15, -0.1) is 0 Å². The van der Waals surface area contributed by atoms with Crippen LogP contribution in [0, 0.1) is 0 Å². The summed E-state index contributed by atoms with van der Waals surface area (Å²) in [6, 6.07) is 7.33. The number of hydrogen-bond acceptors (Lipinski definition) is 2. The van der Waals surface area contributed by atoms with Crippen LogP contribution in [0.1, 0.15) is 31.7 Å². The molecule has 0 fully saturated rings. The number of pyridine rings is 1. The molecule has 1 aromatic heterocycles. The van der Waals surface area contributed by atoms with E-state index in [4.69, 9.17) is 4.74 Å². The number of H-pyrrole nitrogens is 1. The van der Waals surface area contributed by atoms with Crippen molar-refractivity contribution in [1.29, 1.82) is 0 Å². The summed E-state index contributed by atoms with van der Waals surface area (Å²) in [4.78, 5) is 14.3. The molecule has 0 amide bonds. The van der Waals surface area contributed by atoms with Crippen LogP contribution in [0.25, 0.3) is 16.5 Å². The molecule has 2 aromatic rings. The minimum atomic E-state index is -0.0664. The molecular weight excluding hydrogens is 238 g/mol. The van der Waals surface area contributed by atoms with Crippen LogP contribution in [0.2, 0.25) is 0 Å². The smallest absolute Gasteiger partial charge is 0.248 e. The highest BCUT2D eigenvalue weighted by Gasteiger charge is 2.16. The molecule has 3 nitrogen and oxygen atoms in total. The molecule has 19 heavy (non-hydrogen) atoms. The van der Waals surface area contributed by atoms with Gasteiger partial charge in [0.1, 0.15) is 12.4 Å². The molecule has 0 unspecified atom stereocenters. The first-order valence-corrected chi connectivity index (χ1v) is 6.78. The van der Waals surface area contributed by atoms with Crippen molar-refractivity contribution in [2.45, 2.75) is 26.2 Å². The van der Waals surface area contributed by atoms with Gasteiger partial charge in [-0.1, -0.05) is 13.3 Å². The normalized spacial score (nSPS) is 13.8. The minimum absolute atomic E-state index is 0.0664. The Bertz CT molecular complexity index is 697. The third-order valence-corrected chi connectivity index (χ3v) is 3.56. The van der Waals surface area contributed by atoms with Gasteiger partial charge in [0.15, 0.2) is 0 Å². The van der Waals surface area contributed by atoms with Gasteiger partial charge in [0.25, 0.3) is 0 Å². The number of rotatable bonds is 3. The zero-order valence-corrected chi connectivity index (χ0v) is 11.0. The van der Waals surface area contributed by atoms with Gasteiger partial charge in [0, 0.05) is 22.5 Å². The van der Waals surface area contributed by atoms with Crippen molar-refractivity contribution < 1.29 is 4.74 Å². The third-order valence-electron chi connectivity index (χ3n) is 3.56. The Labute approximate surface area is 111 Å². The summed E-state index contributed by atoms with van der Waals surface area (Å²) in [5.74, 6) is 0.924. The maximum Gasteiger partial charge on any atom is 0.248 e. The fourth-order valence-electron chi connectivity index (χ4n) is 2.59. The highest BCUT2D eigenvalue weighted by atomic mass is 16.5. The summed E-state index contributed by atoms with van der Waals surface area (Å²) >= 11 is 0. The van der Waals surface area contributed by atoms with E-state index in [1.54, 1.807) is 6.07 Å². The van der Waals surface area contributed by atoms with E-state index in [9.17, 15) is 4.79 Å². The van der Waals surface area contributed by atoms with E-state index < -0.39 is 0 Å². The molecule has 98 valence electrons. The predicted molar refractivity (Wildman–Crippen MR) is 77.6 cm³/mol. The molecule has 0 aliphatic carbocycles. The molecule has 1 aliphatic heterocycles. The van der Waals surface area contributed by atoms with Gasteiger partial charge in [0.05, 0.1) is 0 Å². The molecule has 0 saturated carbocycles. The Morgan fingerprint density at radius 1 is 1.26 bits per heavy atom. The first-order valence-electron chi connectivity index (χ1n) is 6.78. The number of hydrogen-bond donors (Lipinski definition) is 1. The van der Waals surface area contributed by atoms with Crippen molar-refractivity contribution in [2.75, 3.05) is 6.61 Å². The van der Waals surface area contributed by atoms with E-state index >= 15 is 0 Å². The maximum atomic E-state index is 11.4. The second kappa shape index (κ2) is 4.92. The summed E-state index contributed by atoms with van der Waals surface area (Å²) in [5.41, 5.74) is 3.29. The van der Waals surface area contributed by atoms with Gasteiger partial charge in [-0.25, -0.2) is 0 Å². The molecule has 0 atom stereocenters. The molecule has 1 aliphatic rings. The largest absolute Gasteiger partial charge is 0.489 e. The average molecular weight is 255 g/mol. The number of fused-ring (bicyclic) bond motifs is 3. The quantitative estimate of drug-likeness (QED) is 0.912. The van der Waals surface area contributed by atoms with Gasteiger partial charge in [0.2, 0.25) is 5.56 Å². The Balaban J connectivity index is 2.19. The van der Waals surface area contributed by atoms with E-state index in [1.807, 2.05) is 18.2 Å². The number of nitrogens with one attached hydrogen (secondary N) is 1. The van der Waals surface area contributed by atoms with Crippen LogP contribution in [0.5, 0.6) is 5.75 Å². The fraction of sp³-hybridized carbons (Fsp3) is 0.312. The predicted octanol–water partition coefficient (Wildman–Crippen LogP) is 3.49. The topological polar surface area (TPSA) is 42.1 Å². The zero-order valence-electron chi connectivity index (χ0n) is 11.0. The zero-order chi connectivity index (χ0) is 13.2. The Morgan fingerprint density at radius 2 is 2.16 bits per heavy atom. The third kappa shape index (κ3) is 2.16. The molecule has 0 radical (unpaired) electrons. The first-order chi connectivity index (χ1) is 9.29. The number of aromatic nitrogens is 1. The van der Waals surface area contributed by atoms with Crippen LogP contribution >= 0.6 is 0 Å². The fourth-order valence-corrected chi connectivity index (χ4v) is 2.59. The number of benzene rings is 1. The van der Waals surface area contributed by atoms with Gasteiger partial charge in [-0.3, -0.25) is 4.79 Å². The average Bonchev–Trinajstić information content (AvgIpc) is 2.44. The van der Waals surface area contributed by atoms with Crippen LogP contribution in [0.4, 0.5) is 0 Å². The maximum absolute atomic E-state index is 11.4. The Kier molecular flexibility index (Phi) is 3.11.